The Hall–Kier alpha value is -1.26. The minimum Gasteiger partial charge on any atom is -0.464 e. The van der Waals surface area contributed by atoms with Gasteiger partial charge in [-0.05, 0) is 32.6 Å². The van der Waals surface area contributed by atoms with Crippen molar-refractivity contribution in [1.82, 2.24) is 10.2 Å². The number of esters is 1. The van der Waals surface area contributed by atoms with Crippen LogP contribution in [0, 0.1) is 0 Å². The van der Waals surface area contributed by atoms with E-state index in [0.717, 1.165) is 25.7 Å². The number of carbonyl (C=O) groups excluding carboxylic acids is 2. The Labute approximate surface area is 95.1 Å². The van der Waals surface area contributed by atoms with E-state index in [1.54, 1.807) is 11.8 Å². The number of rotatable bonds is 3. The summed E-state index contributed by atoms with van der Waals surface area (Å²) in [6.45, 7) is 2.80. The molecule has 1 saturated heterocycles. The average molecular weight is 226 g/mol. The van der Waals surface area contributed by atoms with Crippen molar-refractivity contribution in [2.45, 2.75) is 44.7 Å². The molecular formula is C11H18N2O3. The summed E-state index contributed by atoms with van der Waals surface area (Å²) in [5, 5.41) is 2.90. The molecule has 1 saturated carbocycles. The number of nitrogens with zero attached hydrogens (tertiary/aromatic N) is 1. The molecule has 90 valence electrons. The highest BCUT2D eigenvalue weighted by atomic mass is 16.5. The van der Waals surface area contributed by atoms with Crippen LogP contribution in [0.25, 0.3) is 0 Å². The molecule has 1 N–H and O–H groups in total. The summed E-state index contributed by atoms with van der Waals surface area (Å²) in [4.78, 5) is 25.0. The van der Waals surface area contributed by atoms with Crippen molar-refractivity contribution in [1.29, 1.82) is 0 Å². The van der Waals surface area contributed by atoms with Crippen molar-refractivity contribution in [3.05, 3.63) is 0 Å². The lowest BCUT2D eigenvalue weighted by Crippen LogP contribution is -2.47. The van der Waals surface area contributed by atoms with E-state index in [9.17, 15) is 9.59 Å². The van der Waals surface area contributed by atoms with Gasteiger partial charge < -0.3 is 15.0 Å². The lowest BCUT2D eigenvalue weighted by Gasteiger charge is -2.23. The molecule has 1 heterocycles. The van der Waals surface area contributed by atoms with E-state index in [0.29, 0.717) is 19.2 Å². The van der Waals surface area contributed by atoms with Crippen LogP contribution in [0.5, 0.6) is 0 Å². The van der Waals surface area contributed by atoms with E-state index in [1.807, 2.05) is 0 Å². The first-order valence-corrected chi connectivity index (χ1v) is 5.96. The second-order valence-corrected chi connectivity index (χ2v) is 4.33. The van der Waals surface area contributed by atoms with E-state index < -0.39 is 0 Å². The molecule has 0 spiro atoms. The number of ether oxygens (including phenoxy) is 1. The van der Waals surface area contributed by atoms with Crippen LogP contribution in [0.3, 0.4) is 0 Å². The third kappa shape index (κ3) is 2.46. The summed E-state index contributed by atoms with van der Waals surface area (Å²) in [6, 6.07) is -0.160. The fourth-order valence-electron chi connectivity index (χ4n) is 1.98. The van der Waals surface area contributed by atoms with Gasteiger partial charge in [0.1, 0.15) is 6.04 Å². The van der Waals surface area contributed by atoms with Crippen molar-refractivity contribution < 1.29 is 14.3 Å². The maximum absolute atomic E-state index is 11.8. The lowest BCUT2D eigenvalue weighted by atomic mass is 10.2. The third-order valence-corrected chi connectivity index (χ3v) is 2.98. The SMILES string of the molecule is CCOC(=O)C1CCCN1C(=O)NC1CC1. The van der Waals surface area contributed by atoms with Gasteiger partial charge in [0.15, 0.2) is 0 Å². The Kier molecular flexibility index (Phi) is 3.31. The molecule has 5 nitrogen and oxygen atoms in total. The van der Waals surface area contributed by atoms with Gasteiger partial charge in [-0.15, -0.1) is 0 Å². The smallest absolute Gasteiger partial charge is 0.328 e. The number of carbonyl (C=O) groups is 2. The number of hydrogen-bond donors (Lipinski definition) is 1. The van der Waals surface area contributed by atoms with E-state index >= 15 is 0 Å². The highest BCUT2D eigenvalue weighted by Gasteiger charge is 2.36. The van der Waals surface area contributed by atoms with Crippen LogP contribution in [-0.2, 0) is 9.53 Å². The molecular weight excluding hydrogens is 208 g/mol. The van der Waals surface area contributed by atoms with Crippen molar-refractivity contribution in [2.24, 2.45) is 0 Å². The number of nitrogens with one attached hydrogen (secondary N) is 1. The molecule has 2 fully saturated rings. The van der Waals surface area contributed by atoms with Crippen molar-refractivity contribution in [3.63, 3.8) is 0 Å². The second-order valence-electron chi connectivity index (χ2n) is 4.33. The topological polar surface area (TPSA) is 58.6 Å². The van der Waals surface area contributed by atoms with Crippen LogP contribution in [0.2, 0.25) is 0 Å². The highest BCUT2D eigenvalue weighted by Crippen LogP contribution is 2.22. The van der Waals surface area contributed by atoms with Crippen LogP contribution < -0.4 is 5.32 Å². The Balaban J connectivity index is 1.90. The quantitative estimate of drug-likeness (QED) is 0.727. The van der Waals surface area contributed by atoms with Gasteiger partial charge in [-0.2, -0.15) is 0 Å². The van der Waals surface area contributed by atoms with Crippen LogP contribution in [-0.4, -0.2) is 42.1 Å². The molecule has 0 radical (unpaired) electrons. The van der Waals surface area contributed by atoms with Crippen molar-refractivity contribution >= 4 is 12.0 Å². The van der Waals surface area contributed by atoms with Gasteiger partial charge in [-0.1, -0.05) is 0 Å². The van der Waals surface area contributed by atoms with E-state index in [1.165, 1.54) is 0 Å². The molecule has 2 amide bonds. The van der Waals surface area contributed by atoms with Gasteiger partial charge in [0.25, 0.3) is 0 Å². The van der Waals surface area contributed by atoms with Gasteiger partial charge in [-0.3, -0.25) is 0 Å². The second kappa shape index (κ2) is 4.72. The predicted octanol–water partition coefficient (Wildman–Crippen LogP) is 0.886. The van der Waals surface area contributed by atoms with Crippen LogP contribution in [0.1, 0.15) is 32.6 Å². The fraction of sp³-hybridized carbons (Fsp3) is 0.818. The van der Waals surface area contributed by atoms with Gasteiger partial charge in [-0.25, -0.2) is 9.59 Å². The molecule has 1 aliphatic carbocycles. The minimum absolute atomic E-state index is 0.113. The maximum atomic E-state index is 11.8. The summed E-state index contributed by atoms with van der Waals surface area (Å²) in [7, 11) is 0. The summed E-state index contributed by atoms with van der Waals surface area (Å²) < 4.78 is 4.97. The first-order valence-electron chi connectivity index (χ1n) is 5.96. The Morgan fingerprint density at radius 3 is 2.75 bits per heavy atom. The van der Waals surface area contributed by atoms with E-state index in [4.69, 9.17) is 4.74 Å². The highest BCUT2D eigenvalue weighted by molar-refractivity contribution is 5.84. The van der Waals surface area contributed by atoms with Crippen LogP contribution >= 0.6 is 0 Å². The monoisotopic (exact) mass is 226 g/mol. The van der Waals surface area contributed by atoms with Gasteiger partial charge in [0.2, 0.25) is 0 Å². The zero-order chi connectivity index (χ0) is 11.5. The molecule has 0 aromatic carbocycles. The van der Waals surface area contributed by atoms with Crippen LogP contribution in [0.4, 0.5) is 4.79 Å². The molecule has 0 bridgehead atoms. The summed E-state index contributed by atoms with van der Waals surface area (Å²) in [5.74, 6) is -0.272. The normalized spacial score (nSPS) is 24.3. The number of amides is 2. The average Bonchev–Trinajstić information content (AvgIpc) is 2.93. The minimum atomic E-state index is -0.376. The molecule has 0 aromatic rings. The Morgan fingerprint density at radius 1 is 1.38 bits per heavy atom. The molecule has 1 aliphatic heterocycles. The summed E-state index contributed by atoms with van der Waals surface area (Å²) >= 11 is 0. The first kappa shape index (κ1) is 11.2. The van der Waals surface area contributed by atoms with Crippen molar-refractivity contribution in [3.8, 4) is 0 Å². The molecule has 5 heteroatoms. The zero-order valence-corrected chi connectivity index (χ0v) is 9.57. The molecule has 1 unspecified atom stereocenters. The third-order valence-electron chi connectivity index (χ3n) is 2.98. The largest absolute Gasteiger partial charge is 0.464 e. The maximum Gasteiger partial charge on any atom is 0.328 e. The molecule has 16 heavy (non-hydrogen) atoms. The Morgan fingerprint density at radius 2 is 2.12 bits per heavy atom. The number of urea groups is 1. The van der Waals surface area contributed by atoms with Crippen molar-refractivity contribution in [2.75, 3.05) is 13.2 Å². The van der Waals surface area contributed by atoms with Crippen LogP contribution in [0.15, 0.2) is 0 Å². The number of hydrogen-bond acceptors (Lipinski definition) is 3. The molecule has 2 rings (SSSR count). The van der Waals surface area contributed by atoms with Gasteiger partial charge >= 0.3 is 12.0 Å². The summed E-state index contributed by atoms with van der Waals surface area (Å²) in [6.07, 6.45) is 3.71. The first-order chi connectivity index (χ1) is 7.72. The van der Waals surface area contributed by atoms with E-state index in [-0.39, 0.29) is 18.0 Å². The zero-order valence-electron chi connectivity index (χ0n) is 9.57. The standard InChI is InChI=1S/C11H18N2O3/c1-2-16-10(14)9-4-3-7-13(9)11(15)12-8-5-6-8/h8-9H,2-7H2,1H3,(H,12,15). The van der Waals surface area contributed by atoms with Gasteiger partial charge in [0.05, 0.1) is 6.61 Å². The van der Waals surface area contributed by atoms with E-state index in [2.05, 4.69) is 5.32 Å². The molecule has 1 atom stereocenters. The molecule has 0 aromatic heterocycles. The number of likely N-dealkylation sites (tertiary alicyclic amines) is 1. The fourth-order valence-corrected chi connectivity index (χ4v) is 1.98. The molecule has 2 aliphatic rings. The Bertz CT molecular complexity index is 289. The lowest BCUT2D eigenvalue weighted by molar-refractivity contribution is -0.147. The van der Waals surface area contributed by atoms with Gasteiger partial charge in [0, 0.05) is 12.6 Å². The summed E-state index contributed by atoms with van der Waals surface area (Å²) in [5.41, 5.74) is 0. The predicted molar refractivity (Wildman–Crippen MR) is 57.9 cm³/mol.